The topological polar surface area (TPSA) is 109 Å². The number of nitrogens with one attached hydrogen (secondary N) is 3. The van der Waals surface area contributed by atoms with Crippen molar-refractivity contribution in [2.75, 3.05) is 17.7 Å². The normalized spacial score (nSPS) is 11.8. The van der Waals surface area contributed by atoms with Gasteiger partial charge in [0.25, 0.3) is 11.8 Å². The second-order valence-corrected chi connectivity index (χ2v) is 14.4. The van der Waals surface area contributed by atoms with E-state index in [1.807, 2.05) is 109 Å². The van der Waals surface area contributed by atoms with Crippen LogP contribution in [0.2, 0.25) is 0 Å². The molecule has 0 saturated carbocycles. The monoisotopic (exact) mass is 738 g/mol. The van der Waals surface area contributed by atoms with Gasteiger partial charge in [0.05, 0.1) is 12.8 Å². The largest absolute Gasteiger partial charge is 0.496 e. The Bertz CT molecular complexity index is 2220. The number of ether oxygens (including phenoxy) is 1. The van der Waals surface area contributed by atoms with Crippen molar-refractivity contribution in [3.05, 3.63) is 167 Å². The number of amides is 3. The molecule has 1 unspecified atom stereocenters. The Hall–Kier alpha value is -5.97. The van der Waals surface area contributed by atoms with E-state index in [0.29, 0.717) is 33.7 Å². The molecule has 0 spiro atoms. The third-order valence-corrected chi connectivity index (χ3v) is 10.3. The fourth-order valence-corrected chi connectivity index (χ4v) is 7.25. The lowest BCUT2D eigenvalue weighted by molar-refractivity contribution is -0.116. The SMILES string of the molecule is COc1ccccc1-c1csc(NC(=O)C(Sc2cccc(NC(=O)/C(=C\c3ccc(C(C)C)cc3)NC(=O)c3ccccc3)c2)c2ccccc2)n1. The van der Waals surface area contributed by atoms with E-state index in [-0.39, 0.29) is 11.6 Å². The summed E-state index contributed by atoms with van der Waals surface area (Å²) >= 11 is 2.69. The minimum Gasteiger partial charge on any atom is -0.496 e. The van der Waals surface area contributed by atoms with Crippen LogP contribution in [0.1, 0.15) is 52.1 Å². The Morgan fingerprint density at radius 3 is 2.19 bits per heavy atom. The minimum absolute atomic E-state index is 0.0895. The molecule has 0 radical (unpaired) electrons. The maximum atomic E-state index is 13.9. The Kier molecular flexibility index (Phi) is 12.2. The first-order valence-corrected chi connectivity index (χ1v) is 18.7. The lowest BCUT2D eigenvalue weighted by Crippen LogP contribution is -2.30. The summed E-state index contributed by atoms with van der Waals surface area (Å²) < 4.78 is 5.50. The number of thioether (sulfide) groups is 1. The number of para-hydroxylation sites is 1. The zero-order chi connectivity index (χ0) is 37.2. The molecule has 8 nitrogen and oxygen atoms in total. The fourth-order valence-electron chi connectivity index (χ4n) is 5.45. The molecule has 3 amide bonds. The average molecular weight is 739 g/mol. The summed E-state index contributed by atoms with van der Waals surface area (Å²) in [4.78, 5) is 46.3. The highest BCUT2D eigenvalue weighted by molar-refractivity contribution is 8.00. The van der Waals surface area contributed by atoms with Gasteiger partial charge in [-0.05, 0) is 71.1 Å². The van der Waals surface area contributed by atoms with Crippen LogP contribution in [0.4, 0.5) is 10.8 Å². The predicted molar refractivity (Wildman–Crippen MR) is 215 cm³/mol. The van der Waals surface area contributed by atoms with Gasteiger partial charge in [0.1, 0.15) is 16.7 Å². The number of rotatable bonds is 13. The van der Waals surface area contributed by atoms with Crippen LogP contribution in [0.5, 0.6) is 5.75 Å². The molecule has 0 aliphatic heterocycles. The van der Waals surface area contributed by atoms with Gasteiger partial charge in [0.2, 0.25) is 5.91 Å². The molecule has 0 aliphatic rings. The lowest BCUT2D eigenvalue weighted by atomic mass is 10.0. The van der Waals surface area contributed by atoms with Gasteiger partial charge in [-0.1, -0.05) is 105 Å². The molecule has 5 aromatic carbocycles. The van der Waals surface area contributed by atoms with Gasteiger partial charge in [-0.2, -0.15) is 0 Å². The first-order chi connectivity index (χ1) is 25.8. The molecular formula is C43H38N4O4S2. The summed E-state index contributed by atoms with van der Waals surface area (Å²) in [6.07, 6.45) is 1.66. The van der Waals surface area contributed by atoms with E-state index >= 15 is 0 Å². The van der Waals surface area contributed by atoms with E-state index in [4.69, 9.17) is 4.74 Å². The van der Waals surface area contributed by atoms with Crippen molar-refractivity contribution >= 4 is 57.7 Å². The number of hydrogen-bond donors (Lipinski definition) is 3. The summed E-state index contributed by atoms with van der Waals surface area (Å²) in [5, 5.41) is 10.5. The van der Waals surface area contributed by atoms with Crippen LogP contribution in [0, 0.1) is 0 Å². The number of benzene rings is 5. The third-order valence-electron chi connectivity index (χ3n) is 8.25. The van der Waals surface area contributed by atoms with Crippen LogP contribution < -0.4 is 20.7 Å². The average Bonchev–Trinajstić information content (AvgIpc) is 3.65. The standard InChI is InChI=1S/C43H38N4O4S2/c1-28(2)30-23-21-29(22-24-30)25-36(45-40(48)32-15-8-5-9-16-32)41(49)44-33-17-12-18-34(26-33)53-39(31-13-6-4-7-14-31)42(50)47-43-46-37(27-52-43)35-19-10-11-20-38(35)51-3/h4-28,39H,1-3H3,(H,44,49)(H,45,48)(H,46,47,50)/b36-25+. The quantitative estimate of drug-likeness (QED) is 0.0804. The number of thiazole rings is 1. The van der Waals surface area contributed by atoms with Crippen molar-refractivity contribution in [1.82, 2.24) is 10.3 Å². The summed E-state index contributed by atoms with van der Waals surface area (Å²) in [5.41, 5.74) is 5.31. The van der Waals surface area contributed by atoms with E-state index < -0.39 is 17.1 Å². The van der Waals surface area contributed by atoms with Crippen molar-refractivity contribution in [2.45, 2.75) is 29.9 Å². The molecule has 6 aromatic rings. The van der Waals surface area contributed by atoms with Gasteiger partial charge in [-0.25, -0.2) is 4.98 Å². The zero-order valence-corrected chi connectivity index (χ0v) is 31.0. The maximum absolute atomic E-state index is 13.9. The number of carbonyl (C=O) groups is 3. The summed E-state index contributed by atoms with van der Waals surface area (Å²) in [5.74, 6) is -0.0788. The molecule has 0 saturated heterocycles. The molecule has 0 fully saturated rings. The molecule has 0 bridgehead atoms. The first-order valence-electron chi connectivity index (χ1n) is 17.0. The highest BCUT2D eigenvalue weighted by Gasteiger charge is 2.24. The zero-order valence-electron chi connectivity index (χ0n) is 29.4. The molecule has 3 N–H and O–H groups in total. The number of methoxy groups -OCH3 is 1. The van der Waals surface area contributed by atoms with Crippen LogP contribution in [0.3, 0.4) is 0 Å². The number of nitrogens with zero attached hydrogens (tertiary/aromatic N) is 1. The Labute approximate surface area is 317 Å². The molecular weight excluding hydrogens is 701 g/mol. The van der Waals surface area contributed by atoms with Crippen molar-refractivity contribution < 1.29 is 19.1 Å². The summed E-state index contributed by atoms with van der Waals surface area (Å²) in [6, 6.07) is 41.0. The Morgan fingerprint density at radius 1 is 0.774 bits per heavy atom. The van der Waals surface area contributed by atoms with E-state index in [2.05, 4.69) is 34.8 Å². The lowest BCUT2D eigenvalue weighted by Gasteiger charge is -2.17. The van der Waals surface area contributed by atoms with Crippen molar-refractivity contribution in [2.24, 2.45) is 0 Å². The van der Waals surface area contributed by atoms with Crippen molar-refractivity contribution in [3.63, 3.8) is 0 Å². The minimum atomic E-state index is -0.629. The van der Waals surface area contributed by atoms with Crippen LogP contribution in [-0.4, -0.2) is 29.8 Å². The Morgan fingerprint density at radius 2 is 1.47 bits per heavy atom. The number of hydrogen-bond acceptors (Lipinski definition) is 7. The molecule has 1 aromatic heterocycles. The molecule has 1 heterocycles. The Balaban J connectivity index is 1.22. The van der Waals surface area contributed by atoms with Gasteiger partial charge in [0, 0.05) is 27.1 Å². The fraction of sp³-hybridized carbons (Fsp3) is 0.116. The highest BCUT2D eigenvalue weighted by Crippen LogP contribution is 2.38. The van der Waals surface area contributed by atoms with Gasteiger partial charge in [0.15, 0.2) is 5.13 Å². The van der Waals surface area contributed by atoms with E-state index in [1.165, 1.54) is 28.7 Å². The number of anilines is 2. The molecule has 0 aliphatic carbocycles. The smallest absolute Gasteiger partial charge is 0.272 e. The predicted octanol–water partition coefficient (Wildman–Crippen LogP) is 9.82. The van der Waals surface area contributed by atoms with Crippen molar-refractivity contribution in [1.29, 1.82) is 0 Å². The van der Waals surface area contributed by atoms with Gasteiger partial charge in [-0.15, -0.1) is 23.1 Å². The first kappa shape index (κ1) is 36.8. The number of aromatic nitrogens is 1. The van der Waals surface area contributed by atoms with E-state index in [0.717, 1.165) is 21.6 Å². The van der Waals surface area contributed by atoms with Gasteiger partial charge in [-0.3, -0.25) is 14.4 Å². The molecule has 266 valence electrons. The second kappa shape index (κ2) is 17.5. The van der Waals surface area contributed by atoms with Crippen molar-refractivity contribution in [3.8, 4) is 17.0 Å². The third kappa shape index (κ3) is 9.68. The maximum Gasteiger partial charge on any atom is 0.272 e. The highest BCUT2D eigenvalue weighted by atomic mass is 32.2. The molecule has 6 rings (SSSR count). The van der Waals surface area contributed by atoms with E-state index in [1.54, 1.807) is 43.5 Å². The number of carbonyl (C=O) groups excluding carboxylic acids is 3. The van der Waals surface area contributed by atoms with Crippen LogP contribution in [0.25, 0.3) is 17.3 Å². The molecule has 1 atom stereocenters. The van der Waals surface area contributed by atoms with Gasteiger partial charge >= 0.3 is 0 Å². The van der Waals surface area contributed by atoms with Crippen LogP contribution >= 0.6 is 23.1 Å². The van der Waals surface area contributed by atoms with Crippen LogP contribution in [0.15, 0.2) is 149 Å². The van der Waals surface area contributed by atoms with Gasteiger partial charge < -0.3 is 20.7 Å². The molecule has 10 heteroatoms. The summed E-state index contributed by atoms with van der Waals surface area (Å²) in [6.45, 7) is 4.23. The second-order valence-electron chi connectivity index (χ2n) is 12.3. The molecule has 53 heavy (non-hydrogen) atoms. The van der Waals surface area contributed by atoms with Crippen LogP contribution in [-0.2, 0) is 9.59 Å². The van der Waals surface area contributed by atoms with E-state index in [9.17, 15) is 14.4 Å². The summed E-state index contributed by atoms with van der Waals surface area (Å²) in [7, 11) is 1.61.